The number of carbonyl (C=O) groups excluding carboxylic acids is 2. The van der Waals surface area contributed by atoms with Crippen LogP contribution in [0.5, 0.6) is 0 Å². The van der Waals surface area contributed by atoms with Crippen molar-refractivity contribution in [3.8, 4) is 0 Å². The van der Waals surface area contributed by atoms with E-state index < -0.39 is 17.2 Å². The third-order valence-corrected chi connectivity index (χ3v) is 6.74. The summed E-state index contributed by atoms with van der Waals surface area (Å²) in [6.45, 7) is 11.1. The number of anilines is 1. The smallest absolute Gasteiger partial charge is 0.408 e. The molecule has 2 aromatic carbocycles. The molecule has 0 aliphatic heterocycles. The van der Waals surface area contributed by atoms with Gasteiger partial charge >= 0.3 is 6.09 Å². The lowest BCUT2D eigenvalue weighted by Crippen LogP contribution is -2.55. The normalized spacial score (nSPS) is 12.0. The lowest BCUT2D eigenvalue weighted by atomic mass is 10.1. The van der Waals surface area contributed by atoms with E-state index in [1.165, 1.54) is 0 Å². The standard InChI is InChI=1S/C31H40N6O5/c1-6-40-19-24-35-25-26(22-14-10-11-15-23(22)34-27(25)32)37(24)20-30(2,3)42-17-16-33-28(38)31(4,5)36-29(39)41-18-21-12-8-7-9-13-21/h7-15H,6,16-20H2,1-5H3,(H2,32,34)(H,33,38)(H,36,39). The second-order valence-corrected chi connectivity index (χ2v) is 11.1. The van der Waals surface area contributed by atoms with Crippen molar-refractivity contribution >= 4 is 39.8 Å². The Kier molecular flexibility index (Phi) is 9.64. The molecule has 4 N–H and O–H groups in total. The number of imidazole rings is 1. The lowest BCUT2D eigenvalue weighted by Gasteiger charge is -2.28. The van der Waals surface area contributed by atoms with Crippen molar-refractivity contribution in [3.63, 3.8) is 0 Å². The largest absolute Gasteiger partial charge is 0.445 e. The molecule has 4 aromatic rings. The number of nitrogens with two attached hydrogens (primary N) is 1. The van der Waals surface area contributed by atoms with Gasteiger partial charge in [0.1, 0.15) is 30.1 Å². The van der Waals surface area contributed by atoms with Gasteiger partial charge in [0.15, 0.2) is 5.82 Å². The van der Waals surface area contributed by atoms with Crippen LogP contribution in [0.4, 0.5) is 10.6 Å². The highest BCUT2D eigenvalue weighted by Crippen LogP contribution is 2.30. The van der Waals surface area contributed by atoms with Crippen molar-refractivity contribution in [2.75, 3.05) is 25.5 Å². The number of hydrogen-bond donors (Lipinski definition) is 3. The first-order valence-corrected chi connectivity index (χ1v) is 14.0. The van der Waals surface area contributed by atoms with Crippen LogP contribution in [0.2, 0.25) is 0 Å². The van der Waals surface area contributed by atoms with Crippen LogP contribution in [0, 0.1) is 0 Å². The Labute approximate surface area is 245 Å². The van der Waals surface area contributed by atoms with E-state index in [0.29, 0.717) is 31.1 Å². The zero-order chi connectivity index (χ0) is 30.3. The fourth-order valence-electron chi connectivity index (χ4n) is 4.59. The number of fused-ring (bicyclic) bond motifs is 3. The van der Waals surface area contributed by atoms with E-state index in [1.54, 1.807) is 13.8 Å². The molecule has 0 bridgehead atoms. The molecule has 11 heteroatoms. The molecule has 2 amide bonds. The van der Waals surface area contributed by atoms with Gasteiger partial charge < -0.3 is 35.1 Å². The van der Waals surface area contributed by atoms with Crippen LogP contribution in [-0.4, -0.2) is 57.4 Å². The van der Waals surface area contributed by atoms with Crippen LogP contribution in [0.25, 0.3) is 21.9 Å². The van der Waals surface area contributed by atoms with Crippen LogP contribution in [0.3, 0.4) is 0 Å². The molecule has 0 fully saturated rings. The van der Waals surface area contributed by atoms with Gasteiger partial charge in [0, 0.05) is 18.5 Å². The average molecular weight is 577 g/mol. The predicted octanol–water partition coefficient (Wildman–Crippen LogP) is 4.32. The van der Waals surface area contributed by atoms with E-state index in [-0.39, 0.29) is 25.7 Å². The zero-order valence-electron chi connectivity index (χ0n) is 24.9. The summed E-state index contributed by atoms with van der Waals surface area (Å²) in [4.78, 5) is 34.4. The molecule has 2 heterocycles. The second-order valence-electron chi connectivity index (χ2n) is 11.1. The van der Waals surface area contributed by atoms with E-state index in [1.807, 2.05) is 75.4 Å². The minimum atomic E-state index is -1.18. The first kappa shape index (κ1) is 30.7. The van der Waals surface area contributed by atoms with Crippen molar-refractivity contribution in [2.24, 2.45) is 0 Å². The van der Waals surface area contributed by atoms with E-state index in [2.05, 4.69) is 20.2 Å². The highest BCUT2D eigenvalue weighted by Gasteiger charge is 2.30. The minimum Gasteiger partial charge on any atom is -0.445 e. The number of nitrogen functional groups attached to an aromatic ring is 1. The number of nitrogens with one attached hydrogen (secondary N) is 2. The van der Waals surface area contributed by atoms with Crippen LogP contribution in [0.15, 0.2) is 54.6 Å². The Morgan fingerprint density at radius 3 is 2.43 bits per heavy atom. The Morgan fingerprint density at radius 1 is 0.976 bits per heavy atom. The molecule has 4 rings (SSSR count). The van der Waals surface area contributed by atoms with E-state index in [4.69, 9.17) is 24.9 Å². The summed E-state index contributed by atoms with van der Waals surface area (Å²) in [7, 11) is 0. The number of pyridine rings is 1. The summed E-state index contributed by atoms with van der Waals surface area (Å²) in [5, 5.41) is 6.40. The molecule has 0 aliphatic rings. The van der Waals surface area contributed by atoms with Crippen LogP contribution < -0.4 is 16.4 Å². The number of hydrogen-bond acceptors (Lipinski definition) is 8. The average Bonchev–Trinajstić information content (AvgIpc) is 3.31. The molecule has 0 aliphatic carbocycles. The number of alkyl carbamates (subject to hydrolysis) is 1. The van der Waals surface area contributed by atoms with Crippen molar-refractivity contribution in [1.82, 2.24) is 25.2 Å². The minimum absolute atomic E-state index is 0.116. The highest BCUT2D eigenvalue weighted by molar-refractivity contribution is 6.06. The Balaban J connectivity index is 1.36. The third-order valence-electron chi connectivity index (χ3n) is 6.74. The zero-order valence-corrected chi connectivity index (χ0v) is 24.9. The quantitative estimate of drug-likeness (QED) is 0.200. The molecule has 0 radical (unpaired) electrons. The second kappa shape index (κ2) is 13.2. The Hall–Kier alpha value is -4.22. The number of carbonyl (C=O) groups is 2. The summed E-state index contributed by atoms with van der Waals surface area (Å²) >= 11 is 0. The van der Waals surface area contributed by atoms with Crippen LogP contribution >= 0.6 is 0 Å². The van der Waals surface area contributed by atoms with Gasteiger partial charge in [-0.25, -0.2) is 14.8 Å². The summed E-state index contributed by atoms with van der Waals surface area (Å²) < 4.78 is 19.3. The van der Waals surface area contributed by atoms with Gasteiger partial charge in [-0.3, -0.25) is 4.79 Å². The highest BCUT2D eigenvalue weighted by atomic mass is 16.5. The molecule has 11 nitrogen and oxygen atoms in total. The number of rotatable bonds is 13. The van der Waals surface area contributed by atoms with Crippen molar-refractivity contribution < 1.29 is 23.8 Å². The van der Waals surface area contributed by atoms with Gasteiger partial charge in [-0.1, -0.05) is 48.5 Å². The number of amides is 2. The lowest BCUT2D eigenvalue weighted by molar-refractivity contribution is -0.127. The molecule has 224 valence electrons. The van der Waals surface area contributed by atoms with E-state index in [9.17, 15) is 9.59 Å². The Morgan fingerprint density at radius 2 is 1.69 bits per heavy atom. The maximum Gasteiger partial charge on any atom is 0.408 e. The first-order chi connectivity index (χ1) is 20.0. The van der Waals surface area contributed by atoms with Gasteiger partial charge in [-0.05, 0) is 46.2 Å². The fraction of sp³-hybridized carbons (Fsp3) is 0.419. The summed E-state index contributed by atoms with van der Waals surface area (Å²) in [5.41, 5.74) is 7.64. The summed E-state index contributed by atoms with van der Waals surface area (Å²) in [6, 6.07) is 17.1. The van der Waals surface area contributed by atoms with Crippen molar-refractivity contribution in [2.45, 2.75) is 65.5 Å². The number of aromatic nitrogens is 3. The molecule has 0 unspecified atom stereocenters. The predicted molar refractivity (Wildman–Crippen MR) is 162 cm³/mol. The topological polar surface area (TPSA) is 143 Å². The Bertz CT molecular complexity index is 1530. The van der Waals surface area contributed by atoms with Gasteiger partial charge in [-0.15, -0.1) is 0 Å². The molecule has 2 aromatic heterocycles. The van der Waals surface area contributed by atoms with Gasteiger partial charge in [0.25, 0.3) is 0 Å². The van der Waals surface area contributed by atoms with Crippen LogP contribution in [-0.2, 0) is 38.8 Å². The maximum absolute atomic E-state index is 12.8. The number of para-hydroxylation sites is 1. The van der Waals surface area contributed by atoms with E-state index in [0.717, 1.165) is 27.8 Å². The molecule has 42 heavy (non-hydrogen) atoms. The van der Waals surface area contributed by atoms with Gasteiger partial charge in [0.2, 0.25) is 5.91 Å². The van der Waals surface area contributed by atoms with Crippen LogP contribution in [0.1, 0.15) is 46.0 Å². The monoisotopic (exact) mass is 576 g/mol. The van der Waals surface area contributed by atoms with Crippen molar-refractivity contribution in [1.29, 1.82) is 0 Å². The summed E-state index contributed by atoms with van der Waals surface area (Å²) in [5.74, 6) is 0.741. The molecule has 0 saturated carbocycles. The van der Waals surface area contributed by atoms with Crippen molar-refractivity contribution in [3.05, 3.63) is 66.0 Å². The molecular formula is C31H40N6O5. The molecular weight excluding hydrogens is 536 g/mol. The molecule has 0 spiro atoms. The first-order valence-electron chi connectivity index (χ1n) is 14.0. The maximum atomic E-state index is 12.8. The number of ether oxygens (including phenoxy) is 3. The fourth-order valence-corrected chi connectivity index (χ4v) is 4.59. The van der Waals surface area contributed by atoms with Gasteiger partial charge in [-0.2, -0.15) is 0 Å². The summed E-state index contributed by atoms with van der Waals surface area (Å²) in [6.07, 6.45) is -0.671. The number of benzene rings is 2. The third kappa shape index (κ3) is 7.54. The SMILES string of the molecule is CCOCc1nc2c(N)nc3ccccc3c2n1CC(C)(C)OCCNC(=O)C(C)(C)NC(=O)OCc1ccccc1. The van der Waals surface area contributed by atoms with Gasteiger partial charge in [0.05, 0.1) is 29.8 Å². The molecule has 0 saturated heterocycles. The number of nitrogens with zero attached hydrogens (tertiary/aromatic N) is 3. The van der Waals surface area contributed by atoms with E-state index >= 15 is 0 Å². The molecule has 0 atom stereocenters.